The van der Waals surface area contributed by atoms with Crippen LogP contribution in [0, 0.1) is 6.92 Å². The highest BCUT2D eigenvalue weighted by Crippen LogP contribution is 2.22. The Labute approximate surface area is 166 Å². The van der Waals surface area contributed by atoms with Gasteiger partial charge in [0.15, 0.2) is 9.84 Å². The molecule has 150 valence electrons. The topological polar surface area (TPSA) is 75.7 Å². The van der Waals surface area contributed by atoms with Crippen molar-refractivity contribution in [3.05, 3.63) is 65.2 Å². The minimum absolute atomic E-state index is 0.00107. The molecule has 28 heavy (non-hydrogen) atoms. The Morgan fingerprint density at radius 2 is 1.75 bits per heavy atom. The third-order valence-corrected chi connectivity index (χ3v) is 6.09. The SMILES string of the molecule is Cc1ccc(C(CNC(=O)c2ccccc2S(C)(=O)=O)N2CCOCC2)cc1. The van der Waals surface area contributed by atoms with E-state index >= 15 is 0 Å². The van der Waals surface area contributed by atoms with E-state index in [9.17, 15) is 13.2 Å². The van der Waals surface area contributed by atoms with Gasteiger partial charge in [0.05, 0.1) is 29.7 Å². The summed E-state index contributed by atoms with van der Waals surface area (Å²) in [5, 5.41) is 2.94. The first kappa shape index (κ1) is 20.5. The van der Waals surface area contributed by atoms with Crippen LogP contribution in [0.5, 0.6) is 0 Å². The number of nitrogens with zero attached hydrogens (tertiary/aromatic N) is 1. The Morgan fingerprint density at radius 3 is 2.39 bits per heavy atom. The van der Waals surface area contributed by atoms with Crippen LogP contribution in [0.3, 0.4) is 0 Å². The smallest absolute Gasteiger partial charge is 0.252 e. The molecule has 0 radical (unpaired) electrons. The second-order valence-corrected chi connectivity index (χ2v) is 9.04. The third-order valence-electron chi connectivity index (χ3n) is 4.94. The lowest BCUT2D eigenvalue weighted by Crippen LogP contribution is -2.44. The highest BCUT2D eigenvalue weighted by molar-refractivity contribution is 7.90. The molecule has 1 aliphatic heterocycles. The molecule has 1 amide bonds. The van der Waals surface area contributed by atoms with Gasteiger partial charge in [-0.05, 0) is 24.6 Å². The molecule has 1 N–H and O–H groups in total. The second kappa shape index (κ2) is 8.86. The van der Waals surface area contributed by atoms with E-state index < -0.39 is 9.84 Å². The fourth-order valence-corrected chi connectivity index (χ4v) is 4.28. The number of benzene rings is 2. The average Bonchev–Trinajstić information content (AvgIpc) is 2.69. The zero-order chi connectivity index (χ0) is 20.1. The van der Waals surface area contributed by atoms with Gasteiger partial charge >= 0.3 is 0 Å². The summed E-state index contributed by atoms with van der Waals surface area (Å²) in [6.07, 6.45) is 1.11. The predicted molar refractivity (Wildman–Crippen MR) is 108 cm³/mol. The van der Waals surface area contributed by atoms with Gasteiger partial charge in [0.25, 0.3) is 5.91 Å². The molecule has 1 atom stereocenters. The van der Waals surface area contributed by atoms with Crippen molar-refractivity contribution in [2.45, 2.75) is 17.9 Å². The molecule has 1 aliphatic rings. The van der Waals surface area contributed by atoms with E-state index in [-0.39, 0.29) is 22.4 Å². The van der Waals surface area contributed by atoms with E-state index in [1.807, 2.05) is 6.92 Å². The molecule has 6 nitrogen and oxygen atoms in total. The Balaban J connectivity index is 1.80. The van der Waals surface area contributed by atoms with Crippen LogP contribution >= 0.6 is 0 Å². The maximum atomic E-state index is 12.8. The number of sulfone groups is 1. The van der Waals surface area contributed by atoms with Crippen molar-refractivity contribution in [3.8, 4) is 0 Å². The third kappa shape index (κ3) is 4.98. The molecule has 2 aromatic rings. The number of morpholine rings is 1. The Hall–Kier alpha value is -2.22. The summed E-state index contributed by atoms with van der Waals surface area (Å²) in [7, 11) is -3.48. The van der Waals surface area contributed by atoms with Crippen LogP contribution < -0.4 is 5.32 Å². The molecule has 0 bridgehead atoms. The lowest BCUT2D eigenvalue weighted by atomic mass is 10.0. The van der Waals surface area contributed by atoms with E-state index in [1.165, 1.54) is 11.6 Å². The van der Waals surface area contributed by atoms with Crippen LogP contribution in [0.25, 0.3) is 0 Å². The number of aryl methyl sites for hydroxylation is 1. The minimum Gasteiger partial charge on any atom is -0.379 e. The van der Waals surface area contributed by atoms with Crippen molar-refractivity contribution in [2.75, 3.05) is 39.1 Å². The van der Waals surface area contributed by atoms with Gasteiger partial charge < -0.3 is 10.1 Å². The molecule has 0 saturated carbocycles. The van der Waals surface area contributed by atoms with Crippen molar-refractivity contribution in [3.63, 3.8) is 0 Å². The summed E-state index contributed by atoms with van der Waals surface area (Å²) < 4.78 is 29.4. The molecule has 2 aromatic carbocycles. The van der Waals surface area contributed by atoms with Gasteiger partial charge in [0.1, 0.15) is 0 Å². The van der Waals surface area contributed by atoms with Gasteiger partial charge in [0.2, 0.25) is 0 Å². The molecule has 0 aromatic heterocycles. The molecule has 0 spiro atoms. The van der Waals surface area contributed by atoms with Crippen LogP contribution in [-0.2, 0) is 14.6 Å². The molecular formula is C21H26N2O4S. The van der Waals surface area contributed by atoms with E-state index in [4.69, 9.17) is 4.74 Å². The molecule has 1 unspecified atom stereocenters. The summed E-state index contributed by atoms with van der Waals surface area (Å²) in [5.74, 6) is -0.383. The van der Waals surface area contributed by atoms with Crippen molar-refractivity contribution in [1.29, 1.82) is 0 Å². The van der Waals surface area contributed by atoms with Gasteiger partial charge in [-0.1, -0.05) is 42.0 Å². The van der Waals surface area contributed by atoms with Gasteiger partial charge in [-0.15, -0.1) is 0 Å². The number of ether oxygens (including phenoxy) is 1. The van der Waals surface area contributed by atoms with Crippen molar-refractivity contribution in [2.24, 2.45) is 0 Å². The van der Waals surface area contributed by atoms with Gasteiger partial charge in [-0.2, -0.15) is 0 Å². The van der Waals surface area contributed by atoms with E-state index in [1.54, 1.807) is 18.2 Å². The van der Waals surface area contributed by atoms with Crippen LogP contribution in [-0.4, -0.2) is 58.3 Å². The molecule has 3 rings (SSSR count). The molecular weight excluding hydrogens is 376 g/mol. The van der Waals surface area contributed by atoms with Gasteiger partial charge in [0, 0.05) is 25.9 Å². The van der Waals surface area contributed by atoms with E-state index in [0.29, 0.717) is 19.8 Å². The van der Waals surface area contributed by atoms with Crippen molar-refractivity contribution < 1.29 is 17.9 Å². The molecule has 1 fully saturated rings. The lowest BCUT2D eigenvalue weighted by Gasteiger charge is -2.35. The molecule has 1 heterocycles. The zero-order valence-electron chi connectivity index (χ0n) is 16.2. The van der Waals surface area contributed by atoms with Crippen LogP contribution in [0.4, 0.5) is 0 Å². The van der Waals surface area contributed by atoms with Crippen molar-refractivity contribution in [1.82, 2.24) is 10.2 Å². The Morgan fingerprint density at radius 1 is 1.11 bits per heavy atom. The number of carbonyl (C=O) groups excluding carboxylic acids is 1. The molecule has 0 aliphatic carbocycles. The first-order valence-electron chi connectivity index (χ1n) is 9.32. The number of rotatable bonds is 6. The Kier molecular flexibility index (Phi) is 6.49. The lowest BCUT2D eigenvalue weighted by molar-refractivity contribution is 0.0162. The second-order valence-electron chi connectivity index (χ2n) is 7.05. The molecule has 1 saturated heterocycles. The number of hydrogen-bond donors (Lipinski definition) is 1. The van der Waals surface area contributed by atoms with Crippen LogP contribution in [0.1, 0.15) is 27.5 Å². The number of nitrogens with one attached hydrogen (secondary N) is 1. The maximum Gasteiger partial charge on any atom is 0.252 e. The van der Waals surface area contributed by atoms with Crippen LogP contribution in [0.2, 0.25) is 0 Å². The number of carbonyl (C=O) groups is 1. The summed E-state index contributed by atoms with van der Waals surface area (Å²) in [6.45, 7) is 5.32. The van der Waals surface area contributed by atoms with Crippen LogP contribution in [0.15, 0.2) is 53.4 Å². The maximum absolute atomic E-state index is 12.8. The fraction of sp³-hybridized carbons (Fsp3) is 0.381. The largest absolute Gasteiger partial charge is 0.379 e. The normalized spacial score (nSPS) is 16.5. The van der Waals surface area contributed by atoms with E-state index in [2.05, 4.69) is 34.5 Å². The summed E-state index contributed by atoms with van der Waals surface area (Å²) in [4.78, 5) is 15.1. The highest BCUT2D eigenvalue weighted by Gasteiger charge is 2.24. The van der Waals surface area contributed by atoms with E-state index in [0.717, 1.165) is 24.9 Å². The minimum atomic E-state index is -3.48. The Bertz CT molecular complexity index is 920. The first-order valence-corrected chi connectivity index (χ1v) is 11.2. The standard InChI is InChI=1S/C21H26N2O4S/c1-16-7-9-17(10-8-16)19(23-11-13-27-14-12-23)15-22-21(24)18-5-3-4-6-20(18)28(2,25)26/h3-10,19H,11-15H2,1-2H3,(H,22,24). The van der Waals surface area contributed by atoms with Gasteiger partial charge in [-0.3, -0.25) is 9.69 Å². The number of amides is 1. The zero-order valence-corrected chi connectivity index (χ0v) is 17.0. The summed E-state index contributed by atoms with van der Waals surface area (Å²) in [5.41, 5.74) is 2.47. The van der Waals surface area contributed by atoms with Gasteiger partial charge in [-0.25, -0.2) is 8.42 Å². The number of hydrogen-bond acceptors (Lipinski definition) is 5. The fourth-order valence-electron chi connectivity index (χ4n) is 3.40. The summed E-state index contributed by atoms with van der Waals surface area (Å²) in [6, 6.07) is 14.6. The molecule has 7 heteroatoms. The van der Waals surface area contributed by atoms with Crippen molar-refractivity contribution >= 4 is 15.7 Å². The average molecular weight is 403 g/mol. The summed E-state index contributed by atoms with van der Waals surface area (Å²) >= 11 is 0. The quantitative estimate of drug-likeness (QED) is 0.802. The predicted octanol–water partition coefficient (Wildman–Crippen LogP) is 2.20. The first-order chi connectivity index (χ1) is 13.4. The monoisotopic (exact) mass is 402 g/mol. The highest BCUT2D eigenvalue weighted by atomic mass is 32.2.